The van der Waals surface area contributed by atoms with Crippen LogP contribution in [0.15, 0.2) is 35.5 Å². The van der Waals surface area contributed by atoms with E-state index >= 15 is 0 Å². The van der Waals surface area contributed by atoms with Crippen LogP contribution in [0.1, 0.15) is 5.56 Å². The van der Waals surface area contributed by atoms with Gasteiger partial charge in [0, 0.05) is 13.1 Å². The summed E-state index contributed by atoms with van der Waals surface area (Å²) in [6.45, 7) is 3.28. The summed E-state index contributed by atoms with van der Waals surface area (Å²) >= 11 is 6.23. The minimum Gasteiger partial charge on any atom is -0.378 e. The lowest BCUT2D eigenvalue weighted by molar-refractivity contribution is 0.0576. The van der Waals surface area contributed by atoms with Gasteiger partial charge in [0.25, 0.3) is 0 Å². The highest BCUT2D eigenvalue weighted by atomic mass is 35.5. The maximum atomic E-state index is 6.23. The molecule has 1 aromatic rings. The Kier molecular flexibility index (Phi) is 3.64. The highest BCUT2D eigenvalue weighted by Gasteiger charge is 2.11. The summed E-state index contributed by atoms with van der Waals surface area (Å²) in [5, 5.41) is 0.796. The van der Waals surface area contributed by atoms with Crippen molar-refractivity contribution < 1.29 is 4.74 Å². The number of ether oxygens (including phenoxy) is 1. The Bertz CT molecular complexity index is 331. The number of nitrogens with zero attached hydrogens (tertiary/aromatic N) is 1. The summed E-state index contributed by atoms with van der Waals surface area (Å²) in [4.78, 5) is 2.14. The Morgan fingerprint density at radius 1 is 1.20 bits per heavy atom. The van der Waals surface area contributed by atoms with Gasteiger partial charge in [-0.05, 0) is 11.6 Å². The molecular weight excluding hydrogens is 210 g/mol. The van der Waals surface area contributed by atoms with Crippen molar-refractivity contribution in [1.29, 1.82) is 0 Å². The molecule has 3 heteroatoms. The fourth-order valence-electron chi connectivity index (χ4n) is 1.56. The Morgan fingerprint density at radius 2 is 1.87 bits per heavy atom. The van der Waals surface area contributed by atoms with Gasteiger partial charge >= 0.3 is 0 Å². The van der Waals surface area contributed by atoms with Crippen LogP contribution in [0.4, 0.5) is 0 Å². The summed E-state index contributed by atoms with van der Waals surface area (Å²) in [6.07, 6.45) is 1.99. The normalized spacial score (nSPS) is 17.9. The molecule has 0 bridgehead atoms. The third-order valence-corrected chi connectivity index (χ3v) is 2.75. The lowest BCUT2D eigenvalue weighted by Crippen LogP contribution is -2.34. The van der Waals surface area contributed by atoms with E-state index in [9.17, 15) is 0 Å². The zero-order valence-corrected chi connectivity index (χ0v) is 9.28. The van der Waals surface area contributed by atoms with Crippen LogP contribution in [-0.2, 0) is 4.74 Å². The van der Waals surface area contributed by atoms with Crippen molar-refractivity contribution in [3.63, 3.8) is 0 Å². The molecule has 2 rings (SSSR count). The van der Waals surface area contributed by atoms with Gasteiger partial charge in [0.2, 0.25) is 0 Å². The molecule has 15 heavy (non-hydrogen) atoms. The summed E-state index contributed by atoms with van der Waals surface area (Å²) in [5.41, 5.74) is 1.13. The zero-order valence-electron chi connectivity index (χ0n) is 8.53. The van der Waals surface area contributed by atoms with E-state index < -0.39 is 0 Å². The van der Waals surface area contributed by atoms with E-state index in [2.05, 4.69) is 4.90 Å². The zero-order chi connectivity index (χ0) is 10.5. The van der Waals surface area contributed by atoms with Crippen molar-refractivity contribution in [2.45, 2.75) is 0 Å². The van der Waals surface area contributed by atoms with E-state index in [1.807, 2.05) is 36.4 Å². The molecule has 1 aromatic carbocycles. The van der Waals surface area contributed by atoms with Gasteiger partial charge in [-0.2, -0.15) is 0 Å². The smallest absolute Gasteiger partial charge is 0.105 e. The molecule has 0 aromatic heterocycles. The highest BCUT2D eigenvalue weighted by Crippen LogP contribution is 2.15. The maximum Gasteiger partial charge on any atom is 0.105 e. The van der Waals surface area contributed by atoms with Gasteiger partial charge in [0.05, 0.1) is 13.2 Å². The topological polar surface area (TPSA) is 12.5 Å². The van der Waals surface area contributed by atoms with Crippen LogP contribution in [0.2, 0.25) is 0 Å². The van der Waals surface area contributed by atoms with Crippen LogP contribution < -0.4 is 0 Å². The fraction of sp³-hybridized carbons (Fsp3) is 0.333. The Hall–Kier alpha value is -0.990. The Balaban J connectivity index is 2.06. The van der Waals surface area contributed by atoms with Crippen molar-refractivity contribution in [2.24, 2.45) is 0 Å². The summed E-state index contributed by atoms with van der Waals surface area (Å²) in [7, 11) is 0. The molecule has 0 radical (unpaired) electrons. The first kappa shape index (κ1) is 10.5. The number of halogens is 1. The predicted molar refractivity (Wildman–Crippen MR) is 62.7 cm³/mol. The van der Waals surface area contributed by atoms with Crippen LogP contribution in [0, 0.1) is 0 Å². The molecule has 0 unspecified atom stereocenters. The van der Waals surface area contributed by atoms with E-state index in [-0.39, 0.29) is 0 Å². The largest absolute Gasteiger partial charge is 0.378 e. The van der Waals surface area contributed by atoms with Gasteiger partial charge in [-0.25, -0.2) is 0 Å². The molecule has 80 valence electrons. The van der Waals surface area contributed by atoms with Gasteiger partial charge in [-0.3, -0.25) is 0 Å². The molecule has 0 N–H and O–H groups in total. The Morgan fingerprint density at radius 3 is 2.53 bits per heavy atom. The minimum atomic E-state index is 0.763. The van der Waals surface area contributed by atoms with E-state index in [0.717, 1.165) is 37.0 Å². The fourth-order valence-corrected chi connectivity index (χ4v) is 1.85. The SMILES string of the molecule is Cl/C(=C\c1ccccc1)N1CCOCC1. The average molecular weight is 224 g/mol. The van der Waals surface area contributed by atoms with Gasteiger partial charge in [-0.15, -0.1) is 0 Å². The van der Waals surface area contributed by atoms with Gasteiger partial charge in [0.1, 0.15) is 5.16 Å². The van der Waals surface area contributed by atoms with Crippen LogP contribution in [0.5, 0.6) is 0 Å². The molecule has 0 spiro atoms. The number of benzene rings is 1. The van der Waals surface area contributed by atoms with E-state index in [4.69, 9.17) is 16.3 Å². The monoisotopic (exact) mass is 223 g/mol. The average Bonchev–Trinajstić information content (AvgIpc) is 2.31. The Labute approximate surface area is 95.1 Å². The standard InChI is InChI=1S/C12H14ClNO/c13-12(14-6-8-15-9-7-14)10-11-4-2-1-3-5-11/h1-5,10H,6-9H2/b12-10+. The predicted octanol–water partition coefficient (Wildman–Crippen LogP) is 2.56. The molecule has 1 saturated heterocycles. The number of morpholine rings is 1. The van der Waals surface area contributed by atoms with Crippen molar-refractivity contribution in [3.8, 4) is 0 Å². The molecule has 1 aliphatic heterocycles. The van der Waals surface area contributed by atoms with Crippen LogP contribution in [-0.4, -0.2) is 31.2 Å². The van der Waals surface area contributed by atoms with E-state index in [0.29, 0.717) is 0 Å². The molecule has 0 aliphatic carbocycles. The van der Waals surface area contributed by atoms with Crippen molar-refractivity contribution in [1.82, 2.24) is 4.90 Å². The molecule has 1 fully saturated rings. The number of rotatable bonds is 2. The van der Waals surface area contributed by atoms with Crippen molar-refractivity contribution in [2.75, 3.05) is 26.3 Å². The summed E-state index contributed by atoms with van der Waals surface area (Å²) in [5.74, 6) is 0. The summed E-state index contributed by atoms with van der Waals surface area (Å²) < 4.78 is 5.27. The van der Waals surface area contributed by atoms with Crippen molar-refractivity contribution >= 4 is 17.7 Å². The lowest BCUT2D eigenvalue weighted by atomic mass is 10.2. The molecule has 0 saturated carbocycles. The molecular formula is C12H14ClNO. The highest BCUT2D eigenvalue weighted by molar-refractivity contribution is 6.31. The minimum absolute atomic E-state index is 0.763. The molecule has 0 amide bonds. The van der Waals surface area contributed by atoms with Gasteiger partial charge in [-0.1, -0.05) is 41.9 Å². The second-order valence-corrected chi connectivity index (χ2v) is 3.86. The van der Waals surface area contributed by atoms with E-state index in [1.54, 1.807) is 0 Å². The molecule has 1 heterocycles. The van der Waals surface area contributed by atoms with Crippen LogP contribution in [0.25, 0.3) is 6.08 Å². The van der Waals surface area contributed by atoms with Crippen LogP contribution in [0.3, 0.4) is 0 Å². The molecule has 1 aliphatic rings. The maximum absolute atomic E-state index is 6.23. The van der Waals surface area contributed by atoms with E-state index in [1.165, 1.54) is 0 Å². The number of hydrogen-bond acceptors (Lipinski definition) is 2. The summed E-state index contributed by atoms with van der Waals surface area (Å²) in [6, 6.07) is 10.1. The third kappa shape index (κ3) is 2.98. The first-order valence-corrected chi connectivity index (χ1v) is 5.49. The van der Waals surface area contributed by atoms with Crippen LogP contribution >= 0.6 is 11.6 Å². The molecule has 2 nitrogen and oxygen atoms in total. The van der Waals surface area contributed by atoms with Crippen molar-refractivity contribution in [3.05, 3.63) is 41.1 Å². The lowest BCUT2D eigenvalue weighted by Gasteiger charge is -2.27. The van der Waals surface area contributed by atoms with Gasteiger partial charge in [0.15, 0.2) is 0 Å². The first-order chi connectivity index (χ1) is 7.36. The van der Waals surface area contributed by atoms with Gasteiger partial charge < -0.3 is 9.64 Å². The number of hydrogen-bond donors (Lipinski definition) is 0. The quantitative estimate of drug-likeness (QED) is 0.715. The third-order valence-electron chi connectivity index (χ3n) is 2.40. The first-order valence-electron chi connectivity index (χ1n) is 5.11. The second kappa shape index (κ2) is 5.19. The molecule has 0 atom stereocenters. The second-order valence-electron chi connectivity index (χ2n) is 3.48.